The zero-order chi connectivity index (χ0) is 19.7. The van der Waals surface area contributed by atoms with E-state index in [4.69, 9.17) is 0 Å². The molecule has 0 spiro atoms. The topological polar surface area (TPSA) is 54.3 Å². The van der Waals surface area contributed by atoms with Gasteiger partial charge in [-0.15, -0.1) is 0 Å². The first-order chi connectivity index (χ1) is 13.5. The van der Waals surface area contributed by atoms with Crippen molar-refractivity contribution in [3.63, 3.8) is 0 Å². The number of hydrogen-bond donors (Lipinski definition) is 1. The number of carbonyl (C=O) groups excluding carboxylic acids is 2. The van der Waals surface area contributed by atoms with E-state index in [1.807, 2.05) is 54.1 Å². The molecule has 1 N–H and O–H groups in total. The third-order valence-electron chi connectivity index (χ3n) is 4.60. The first kappa shape index (κ1) is 17.7. The van der Waals surface area contributed by atoms with Crippen LogP contribution in [0.1, 0.15) is 16.8 Å². The molecule has 5 nitrogen and oxygen atoms in total. The Kier molecular flexibility index (Phi) is 4.53. The van der Waals surface area contributed by atoms with Crippen molar-refractivity contribution in [2.24, 2.45) is 0 Å². The maximum absolute atomic E-state index is 13.9. The van der Waals surface area contributed by atoms with E-state index in [0.717, 1.165) is 21.8 Å². The highest BCUT2D eigenvalue weighted by Gasteiger charge is 2.34. The fourth-order valence-electron chi connectivity index (χ4n) is 3.18. The number of urea groups is 1. The minimum atomic E-state index is -0.562. The molecule has 3 amide bonds. The van der Waals surface area contributed by atoms with Gasteiger partial charge in [-0.2, -0.15) is 0 Å². The number of benzene rings is 2. The fraction of sp³-hybridized carbons (Fsp3) is 0.0909. The summed E-state index contributed by atoms with van der Waals surface area (Å²) < 4.78 is 15.8. The van der Waals surface area contributed by atoms with Crippen molar-refractivity contribution in [3.05, 3.63) is 95.2 Å². The quantitative estimate of drug-likeness (QED) is 0.553. The molecule has 0 unspecified atom stereocenters. The van der Waals surface area contributed by atoms with Crippen molar-refractivity contribution < 1.29 is 14.0 Å². The molecule has 0 aliphatic carbocycles. The highest BCUT2D eigenvalue weighted by atomic mass is 19.1. The van der Waals surface area contributed by atoms with E-state index < -0.39 is 17.8 Å². The van der Waals surface area contributed by atoms with Crippen LogP contribution >= 0.6 is 0 Å². The molecule has 1 saturated heterocycles. The molecule has 1 aromatic heterocycles. The second kappa shape index (κ2) is 7.15. The van der Waals surface area contributed by atoms with Gasteiger partial charge in [-0.05, 0) is 48.9 Å². The number of carbonyl (C=O) groups is 2. The number of nitrogens with one attached hydrogen (secondary N) is 1. The molecule has 0 radical (unpaired) electrons. The normalized spacial score (nSPS) is 15.4. The molecular formula is C22H18FN3O2. The molecule has 28 heavy (non-hydrogen) atoms. The number of hydrogen-bond acceptors (Lipinski definition) is 2. The summed E-state index contributed by atoms with van der Waals surface area (Å²) >= 11 is 0. The second-order valence-corrected chi connectivity index (χ2v) is 6.61. The largest absolute Gasteiger partial charge is 0.329 e. The van der Waals surface area contributed by atoms with Gasteiger partial charge < -0.3 is 9.88 Å². The van der Waals surface area contributed by atoms with Crippen molar-refractivity contribution >= 4 is 18.0 Å². The SMILES string of the molecule is Cc1cccc(-n2cccc2C=C2NC(=O)N(Cc3ccccc3F)C2=O)c1. The molecular weight excluding hydrogens is 357 g/mol. The third-order valence-corrected chi connectivity index (χ3v) is 4.60. The Balaban J connectivity index is 1.62. The van der Waals surface area contributed by atoms with Crippen molar-refractivity contribution in [1.82, 2.24) is 14.8 Å². The van der Waals surface area contributed by atoms with Crippen molar-refractivity contribution in [2.75, 3.05) is 0 Å². The van der Waals surface area contributed by atoms with Gasteiger partial charge in [0.05, 0.1) is 6.54 Å². The third kappa shape index (κ3) is 3.32. The van der Waals surface area contributed by atoms with Crippen LogP contribution in [0.4, 0.5) is 9.18 Å². The summed E-state index contributed by atoms with van der Waals surface area (Å²) in [4.78, 5) is 26.0. The highest BCUT2D eigenvalue weighted by Crippen LogP contribution is 2.20. The van der Waals surface area contributed by atoms with Crippen LogP contribution in [0.25, 0.3) is 11.8 Å². The Morgan fingerprint density at radius 3 is 2.64 bits per heavy atom. The van der Waals surface area contributed by atoms with Crippen LogP contribution in [0.2, 0.25) is 0 Å². The van der Waals surface area contributed by atoms with E-state index in [-0.39, 0.29) is 17.8 Å². The Morgan fingerprint density at radius 2 is 1.86 bits per heavy atom. The van der Waals surface area contributed by atoms with Crippen molar-refractivity contribution in [3.8, 4) is 5.69 Å². The number of imide groups is 1. The van der Waals surface area contributed by atoms with E-state index in [1.165, 1.54) is 6.07 Å². The zero-order valence-corrected chi connectivity index (χ0v) is 15.2. The molecule has 0 atom stereocenters. The molecule has 0 bridgehead atoms. The Bertz CT molecular complexity index is 1100. The summed E-state index contributed by atoms with van der Waals surface area (Å²) in [6.07, 6.45) is 3.52. The Labute approximate surface area is 161 Å². The smallest absolute Gasteiger partial charge is 0.317 e. The van der Waals surface area contributed by atoms with Gasteiger partial charge in [0.25, 0.3) is 5.91 Å². The summed E-state index contributed by atoms with van der Waals surface area (Å²) in [6.45, 7) is 1.89. The van der Waals surface area contributed by atoms with Gasteiger partial charge in [0.2, 0.25) is 0 Å². The summed E-state index contributed by atoms with van der Waals surface area (Å²) in [7, 11) is 0. The molecule has 2 aromatic carbocycles. The maximum Gasteiger partial charge on any atom is 0.329 e. The summed E-state index contributed by atoms with van der Waals surface area (Å²) in [5, 5.41) is 2.58. The van der Waals surface area contributed by atoms with Gasteiger partial charge in [-0.3, -0.25) is 9.69 Å². The molecule has 140 valence electrons. The number of aromatic nitrogens is 1. The molecule has 1 fully saturated rings. The fourth-order valence-corrected chi connectivity index (χ4v) is 3.18. The predicted octanol–water partition coefficient (Wildman–Crippen LogP) is 4.02. The van der Waals surface area contributed by atoms with Crippen molar-refractivity contribution in [1.29, 1.82) is 0 Å². The van der Waals surface area contributed by atoms with Gasteiger partial charge in [0.1, 0.15) is 11.5 Å². The van der Waals surface area contributed by atoms with E-state index >= 15 is 0 Å². The lowest BCUT2D eigenvalue weighted by Gasteiger charge is -2.12. The standard InChI is InChI=1S/C22H18FN3O2/c1-15-6-4-8-17(12-15)25-11-5-9-18(25)13-20-21(27)26(22(28)24-20)14-16-7-2-3-10-19(16)23/h2-13H,14H2,1H3,(H,24,28). The van der Waals surface area contributed by atoms with Crippen LogP contribution in [-0.4, -0.2) is 21.4 Å². The lowest BCUT2D eigenvalue weighted by Crippen LogP contribution is -2.30. The van der Waals surface area contributed by atoms with Gasteiger partial charge >= 0.3 is 6.03 Å². The first-order valence-electron chi connectivity index (χ1n) is 8.85. The lowest BCUT2D eigenvalue weighted by molar-refractivity contribution is -0.123. The monoisotopic (exact) mass is 375 g/mol. The number of aryl methyl sites for hydroxylation is 1. The minimum absolute atomic E-state index is 0.117. The lowest BCUT2D eigenvalue weighted by atomic mass is 10.2. The molecule has 2 heterocycles. The van der Waals surface area contributed by atoms with Gasteiger partial charge in [-0.1, -0.05) is 30.3 Å². The first-order valence-corrected chi connectivity index (χ1v) is 8.85. The molecule has 1 aliphatic heterocycles. The van der Waals surface area contributed by atoms with E-state index in [1.54, 1.807) is 24.3 Å². The van der Waals surface area contributed by atoms with Crippen LogP contribution in [0.5, 0.6) is 0 Å². The molecule has 6 heteroatoms. The number of rotatable bonds is 4. The average Bonchev–Trinajstić information content (AvgIpc) is 3.24. The van der Waals surface area contributed by atoms with E-state index in [0.29, 0.717) is 0 Å². The molecule has 0 saturated carbocycles. The highest BCUT2D eigenvalue weighted by molar-refractivity contribution is 6.13. The van der Waals surface area contributed by atoms with Gasteiger partial charge in [0, 0.05) is 23.1 Å². The molecule has 4 rings (SSSR count). The average molecular weight is 375 g/mol. The summed E-state index contributed by atoms with van der Waals surface area (Å²) in [5.74, 6) is -0.931. The van der Waals surface area contributed by atoms with E-state index in [9.17, 15) is 14.0 Å². The Hall–Kier alpha value is -3.67. The van der Waals surface area contributed by atoms with Crippen LogP contribution < -0.4 is 5.32 Å². The van der Waals surface area contributed by atoms with Crippen LogP contribution in [0.3, 0.4) is 0 Å². The number of nitrogens with zero attached hydrogens (tertiary/aromatic N) is 2. The second-order valence-electron chi connectivity index (χ2n) is 6.61. The summed E-state index contributed by atoms with van der Waals surface area (Å²) in [5.41, 5.74) is 3.27. The molecule has 3 aromatic rings. The molecule has 1 aliphatic rings. The van der Waals surface area contributed by atoms with Gasteiger partial charge in [-0.25, -0.2) is 9.18 Å². The number of amides is 3. The Morgan fingerprint density at radius 1 is 1.04 bits per heavy atom. The maximum atomic E-state index is 13.9. The van der Waals surface area contributed by atoms with Crippen LogP contribution in [0.15, 0.2) is 72.6 Å². The van der Waals surface area contributed by atoms with Crippen LogP contribution in [-0.2, 0) is 11.3 Å². The van der Waals surface area contributed by atoms with Crippen LogP contribution in [0, 0.1) is 12.7 Å². The van der Waals surface area contributed by atoms with Crippen molar-refractivity contribution in [2.45, 2.75) is 13.5 Å². The number of halogens is 1. The van der Waals surface area contributed by atoms with E-state index in [2.05, 4.69) is 5.32 Å². The summed E-state index contributed by atoms with van der Waals surface area (Å²) in [6, 6.07) is 17.2. The van der Waals surface area contributed by atoms with Gasteiger partial charge in [0.15, 0.2) is 0 Å². The zero-order valence-electron chi connectivity index (χ0n) is 15.2. The predicted molar refractivity (Wildman–Crippen MR) is 104 cm³/mol. The minimum Gasteiger partial charge on any atom is -0.317 e.